The molecular formula is C10H13FN2O5S. The average molecular weight is 292 g/mol. The van der Waals surface area contributed by atoms with Gasteiger partial charge in [-0.2, -0.15) is 0 Å². The molecule has 19 heavy (non-hydrogen) atoms. The van der Waals surface area contributed by atoms with Crippen molar-refractivity contribution in [3.8, 4) is 0 Å². The minimum Gasteiger partial charge on any atom is -0.467 e. The summed E-state index contributed by atoms with van der Waals surface area (Å²) in [6.45, 7) is -0.608. The van der Waals surface area contributed by atoms with Gasteiger partial charge in [-0.25, -0.2) is 22.7 Å². The van der Waals surface area contributed by atoms with Gasteiger partial charge in [0, 0.05) is 0 Å². The first-order valence-corrected chi connectivity index (χ1v) is 6.61. The maximum absolute atomic E-state index is 13.6. The number of rotatable bonds is 5. The van der Waals surface area contributed by atoms with Crippen LogP contribution in [0, 0.1) is 5.82 Å². The summed E-state index contributed by atoms with van der Waals surface area (Å²) in [4.78, 5) is 10.8. The van der Waals surface area contributed by atoms with E-state index in [9.17, 15) is 17.6 Å². The lowest BCUT2D eigenvalue weighted by Gasteiger charge is -2.15. The van der Waals surface area contributed by atoms with E-state index in [1.807, 2.05) is 0 Å². The molecule has 0 saturated heterocycles. The predicted octanol–water partition coefficient (Wildman–Crippen LogP) is -0.581. The summed E-state index contributed by atoms with van der Waals surface area (Å²) >= 11 is 0. The van der Waals surface area contributed by atoms with Gasteiger partial charge in [-0.1, -0.05) is 0 Å². The van der Waals surface area contributed by atoms with Gasteiger partial charge in [-0.05, 0) is 18.2 Å². The van der Waals surface area contributed by atoms with E-state index in [1.54, 1.807) is 0 Å². The van der Waals surface area contributed by atoms with E-state index < -0.39 is 39.4 Å². The third-order valence-electron chi connectivity index (χ3n) is 2.27. The van der Waals surface area contributed by atoms with Gasteiger partial charge in [0.05, 0.1) is 24.3 Å². The summed E-state index contributed by atoms with van der Waals surface area (Å²) in [7, 11) is -2.89. The molecule has 1 aromatic rings. The van der Waals surface area contributed by atoms with E-state index in [4.69, 9.17) is 10.2 Å². The number of halogens is 1. The van der Waals surface area contributed by atoms with E-state index in [1.165, 1.54) is 0 Å². The number of benzene rings is 1. The van der Waals surface area contributed by atoms with Crippen LogP contribution in [0.15, 0.2) is 23.1 Å². The number of carbonyl (C=O) groups excluding carboxylic acids is 1. The first-order valence-electron chi connectivity index (χ1n) is 5.07. The summed E-state index contributed by atoms with van der Waals surface area (Å²) in [5.74, 6) is -1.70. The summed E-state index contributed by atoms with van der Waals surface area (Å²) in [5, 5.41) is 16.2. The van der Waals surface area contributed by atoms with Crippen LogP contribution in [0.5, 0.6) is 0 Å². The Morgan fingerprint density at radius 3 is 2.63 bits per heavy atom. The number of esters is 1. The molecule has 7 nitrogen and oxygen atoms in total. The third kappa shape index (κ3) is 3.88. The number of sulfonamides is 1. The maximum atomic E-state index is 13.6. The second-order valence-electron chi connectivity index (χ2n) is 3.59. The SMILES string of the molecule is COC(=O)C(CO)Nc1ccc(S(N)(=O)=O)cc1F. The van der Waals surface area contributed by atoms with Gasteiger partial charge in [-0.3, -0.25) is 0 Å². The maximum Gasteiger partial charge on any atom is 0.330 e. The second-order valence-corrected chi connectivity index (χ2v) is 5.15. The van der Waals surface area contributed by atoms with Gasteiger partial charge in [-0.15, -0.1) is 0 Å². The van der Waals surface area contributed by atoms with Crippen LogP contribution in [0.25, 0.3) is 0 Å². The number of ether oxygens (including phenoxy) is 1. The van der Waals surface area contributed by atoms with Crippen molar-refractivity contribution in [2.24, 2.45) is 5.14 Å². The molecule has 0 aliphatic heterocycles. The smallest absolute Gasteiger partial charge is 0.330 e. The minimum absolute atomic E-state index is 0.156. The molecule has 0 amide bonds. The number of hydrogen-bond acceptors (Lipinski definition) is 6. The first kappa shape index (κ1) is 15.3. The molecule has 0 bridgehead atoms. The summed E-state index contributed by atoms with van der Waals surface area (Å²) in [6.07, 6.45) is 0. The molecule has 9 heteroatoms. The number of nitrogens with one attached hydrogen (secondary N) is 1. The number of anilines is 1. The third-order valence-corrected chi connectivity index (χ3v) is 3.18. The van der Waals surface area contributed by atoms with Crippen LogP contribution in [0.4, 0.5) is 10.1 Å². The molecule has 0 aliphatic rings. The zero-order valence-electron chi connectivity index (χ0n) is 9.96. The molecule has 0 spiro atoms. The van der Waals surface area contributed by atoms with Crippen LogP contribution < -0.4 is 10.5 Å². The molecule has 1 atom stereocenters. The highest BCUT2D eigenvalue weighted by atomic mass is 32.2. The predicted molar refractivity (Wildman–Crippen MR) is 64.3 cm³/mol. The van der Waals surface area contributed by atoms with E-state index in [0.29, 0.717) is 6.07 Å². The monoisotopic (exact) mass is 292 g/mol. The molecule has 1 aromatic carbocycles. The zero-order chi connectivity index (χ0) is 14.6. The van der Waals surface area contributed by atoms with Gasteiger partial charge in [0.1, 0.15) is 11.9 Å². The average Bonchev–Trinajstić information content (AvgIpc) is 2.35. The van der Waals surface area contributed by atoms with Crippen molar-refractivity contribution < 1.29 is 27.4 Å². The number of methoxy groups -OCH3 is 1. The lowest BCUT2D eigenvalue weighted by atomic mass is 10.2. The molecule has 1 rings (SSSR count). The Morgan fingerprint density at radius 1 is 1.58 bits per heavy atom. The molecule has 0 saturated carbocycles. The van der Waals surface area contributed by atoms with Crippen molar-refractivity contribution in [1.29, 1.82) is 0 Å². The standard InChI is InChI=1S/C10H13FN2O5S/c1-18-10(15)9(5-14)13-8-3-2-6(4-7(8)11)19(12,16)17/h2-4,9,13-14H,5H2,1H3,(H2,12,16,17). The number of aliphatic hydroxyl groups excluding tert-OH is 1. The van der Waals surface area contributed by atoms with Crippen molar-refractivity contribution in [3.63, 3.8) is 0 Å². The Balaban J connectivity index is 3.01. The van der Waals surface area contributed by atoms with Crippen LogP contribution in [0.1, 0.15) is 0 Å². The molecule has 0 radical (unpaired) electrons. The van der Waals surface area contributed by atoms with E-state index >= 15 is 0 Å². The molecule has 106 valence electrons. The highest BCUT2D eigenvalue weighted by Crippen LogP contribution is 2.19. The summed E-state index contributed by atoms with van der Waals surface area (Å²) in [5.41, 5.74) is -0.156. The van der Waals surface area contributed by atoms with Crippen LogP contribution in [0.3, 0.4) is 0 Å². The van der Waals surface area contributed by atoms with Crippen molar-refractivity contribution in [1.82, 2.24) is 0 Å². The fourth-order valence-electron chi connectivity index (χ4n) is 1.30. The van der Waals surface area contributed by atoms with Crippen molar-refractivity contribution in [2.75, 3.05) is 19.0 Å². The van der Waals surface area contributed by atoms with Gasteiger partial charge < -0.3 is 15.2 Å². The number of carbonyl (C=O) groups is 1. The van der Waals surface area contributed by atoms with E-state index in [0.717, 1.165) is 19.2 Å². The number of nitrogens with two attached hydrogens (primary N) is 1. The van der Waals surface area contributed by atoms with Crippen LogP contribution >= 0.6 is 0 Å². The number of primary sulfonamides is 1. The normalized spacial score (nSPS) is 12.8. The molecule has 1 unspecified atom stereocenters. The lowest BCUT2D eigenvalue weighted by Crippen LogP contribution is -2.34. The Bertz CT molecular complexity index is 575. The Morgan fingerprint density at radius 2 is 2.21 bits per heavy atom. The van der Waals surface area contributed by atoms with Gasteiger partial charge in [0.25, 0.3) is 0 Å². The highest BCUT2D eigenvalue weighted by Gasteiger charge is 2.20. The molecule has 4 N–H and O–H groups in total. The van der Waals surface area contributed by atoms with Gasteiger partial charge >= 0.3 is 5.97 Å². The molecule has 0 aromatic heterocycles. The van der Waals surface area contributed by atoms with E-state index in [-0.39, 0.29) is 5.69 Å². The molecule has 0 fully saturated rings. The summed E-state index contributed by atoms with van der Waals surface area (Å²) < 4.78 is 40.0. The second kappa shape index (κ2) is 5.95. The fourth-order valence-corrected chi connectivity index (χ4v) is 1.82. The largest absolute Gasteiger partial charge is 0.467 e. The summed E-state index contributed by atoms with van der Waals surface area (Å²) in [6, 6.07) is 1.73. The Kier molecular flexibility index (Phi) is 4.81. The van der Waals surface area contributed by atoms with Crippen LogP contribution in [-0.2, 0) is 19.6 Å². The van der Waals surface area contributed by atoms with Gasteiger partial charge in [0.2, 0.25) is 10.0 Å². The lowest BCUT2D eigenvalue weighted by molar-refractivity contribution is -0.142. The number of hydrogen-bond donors (Lipinski definition) is 3. The molecular weight excluding hydrogens is 279 g/mol. The quantitative estimate of drug-likeness (QED) is 0.625. The van der Waals surface area contributed by atoms with Crippen LogP contribution in [0.2, 0.25) is 0 Å². The molecule has 0 heterocycles. The van der Waals surface area contributed by atoms with Crippen LogP contribution in [-0.4, -0.2) is 39.3 Å². The minimum atomic E-state index is -4.01. The molecule has 0 aliphatic carbocycles. The van der Waals surface area contributed by atoms with Crippen molar-refractivity contribution >= 4 is 21.7 Å². The fraction of sp³-hybridized carbons (Fsp3) is 0.300. The van der Waals surface area contributed by atoms with Gasteiger partial charge in [0.15, 0.2) is 0 Å². The Labute approximate surface area is 109 Å². The highest BCUT2D eigenvalue weighted by molar-refractivity contribution is 7.89. The van der Waals surface area contributed by atoms with Crippen molar-refractivity contribution in [2.45, 2.75) is 10.9 Å². The Hall–Kier alpha value is -1.71. The zero-order valence-corrected chi connectivity index (χ0v) is 10.8. The first-order chi connectivity index (χ1) is 8.79. The van der Waals surface area contributed by atoms with Crippen molar-refractivity contribution in [3.05, 3.63) is 24.0 Å². The number of aliphatic hydroxyl groups is 1. The van der Waals surface area contributed by atoms with E-state index in [2.05, 4.69) is 10.1 Å². The topological polar surface area (TPSA) is 119 Å².